The second-order valence-electron chi connectivity index (χ2n) is 7.26. The molecule has 6 nitrogen and oxygen atoms in total. The Balaban J connectivity index is 2.07. The molecule has 0 aliphatic carbocycles. The Bertz CT molecular complexity index is 1020. The molecule has 0 unspecified atom stereocenters. The van der Waals surface area contributed by atoms with E-state index in [1.165, 1.54) is 19.4 Å². The highest BCUT2D eigenvalue weighted by Gasteiger charge is 2.25. The molecular weight excluding hydrogens is 393 g/mol. The number of hydrogen-bond donors (Lipinski definition) is 1. The van der Waals surface area contributed by atoms with E-state index >= 15 is 0 Å². The molecule has 2 aromatic rings. The summed E-state index contributed by atoms with van der Waals surface area (Å²) in [6, 6.07) is 11.7. The summed E-state index contributed by atoms with van der Waals surface area (Å²) in [7, 11) is 2.16. The normalized spacial score (nSPS) is 14.8. The van der Waals surface area contributed by atoms with Gasteiger partial charge in [0.25, 0.3) is 0 Å². The first-order valence-corrected chi connectivity index (χ1v) is 11.1. The SMILES string of the molecule is COc1ccc(C2=C(c3ccc(S(C)(=O)=O)cc3)N(CCN(C)C)NC2)cc1F. The second kappa shape index (κ2) is 8.52. The molecule has 0 amide bonds. The third-order valence-electron chi connectivity index (χ3n) is 4.83. The van der Waals surface area contributed by atoms with Crippen LogP contribution in [-0.4, -0.2) is 65.4 Å². The van der Waals surface area contributed by atoms with Crippen molar-refractivity contribution in [3.8, 4) is 5.75 Å². The van der Waals surface area contributed by atoms with E-state index in [-0.39, 0.29) is 10.6 Å². The minimum Gasteiger partial charge on any atom is -0.494 e. The van der Waals surface area contributed by atoms with E-state index < -0.39 is 15.7 Å². The third-order valence-corrected chi connectivity index (χ3v) is 5.96. The fraction of sp³-hybridized carbons (Fsp3) is 0.333. The summed E-state index contributed by atoms with van der Waals surface area (Å²) in [5.74, 6) is -0.222. The van der Waals surface area contributed by atoms with Crippen molar-refractivity contribution >= 4 is 21.1 Å². The van der Waals surface area contributed by atoms with Crippen LogP contribution in [0.3, 0.4) is 0 Å². The molecule has 1 heterocycles. The average molecular weight is 420 g/mol. The van der Waals surface area contributed by atoms with E-state index in [2.05, 4.69) is 10.3 Å². The number of halogens is 1. The van der Waals surface area contributed by atoms with Gasteiger partial charge in [-0.3, -0.25) is 0 Å². The maximum absolute atomic E-state index is 14.3. The number of rotatable bonds is 7. The Morgan fingerprint density at radius 3 is 2.34 bits per heavy atom. The van der Waals surface area contributed by atoms with Gasteiger partial charge < -0.3 is 14.6 Å². The van der Waals surface area contributed by atoms with Crippen LogP contribution in [0, 0.1) is 5.82 Å². The number of ether oxygens (including phenoxy) is 1. The van der Waals surface area contributed by atoms with Crippen molar-refractivity contribution in [2.45, 2.75) is 4.90 Å². The number of benzene rings is 2. The predicted molar refractivity (Wildman–Crippen MR) is 113 cm³/mol. The quantitative estimate of drug-likeness (QED) is 0.744. The fourth-order valence-corrected chi connectivity index (χ4v) is 3.90. The summed E-state index contributed by atoms with van der Waals surface area (Å²) >= 11 is 0. The van der Waals surface area contributed by atoms with Gasteiger partial charge in [-0.15, -0.1) is 0 Å². The van der Waals surface area contributed by atoms with Gasteiger partial charge in [0.05, 0.1) is 17.7 Å². The Hall–Kier alpha value is -2.42. The largest absolute Gasteiger partial charge is 0.494 e. The molecule has 0 saturated heterocycles. The van der Waals surface area contributed by atoms with E-state index in [1.807, 2.05) is 25.2 Å². The zero-order valence-electron chi connectivity index (χ0n) is 17.1. The Morgan fingerprint density at radius 1 is 1.14 bits per heavy atom. The van der Waals surface area contributed by atoms with E-state index in [0.717, 1.165) is 35.5 Å². The van der Waals surface area contributed by atoms with Crippen molar-refractivity contribution in [1.82, 2.24) is 15.3 Å². The first-order valence-electron chi connectivity index (χ1n) is 9.24. The van der Waals surface area contributed by atoms with Crippen LogP contribution in [0.4, 0.5) is 4.39 Å². The highest BCUT2D eigenvalue weighted by atomic mass is 32.2. The van der Waals surface area contributed by atoms with Gasteiger partial charge in [-0.1, -0.05) is 18.2 Å². The van der Waals surface area contributed by atoms with E-state index in [1.54, 1.807) is 30.3 Å². The summed E-state index contributed by atoms with van der Waals surface area (Å²) in [4.78, 5) is 2.35. The molecule has 0 aromatic heterocycles. The van der Waals surface area contributed by atoms with Crippen LogP contribution in [0.2, 0.25) is 0 Å². The van der Waals surface area contributed by atoms with Crippen LogP contribution in [-0.2, 0) is 9.84 Å². The minimum absolute atomic E-state index is 0.198. The third kappa shape index (κ3) is 4.77. The fourth-order valence-electron chi connectivity index (χ4n) is 3.27. The van der Waals surface area contributed by atoms with Gasteiger partial charge in [0.15, 0.2) is 21.4 Å². The van der Waals surface area contributed by atoms with Crippen LogP contribution < -0.4 is 10.2 Å². The number of nitrogens with zero attached hydrogens (tertiary/aromatic N) is 2. The summed E-state index contributed by atoms with van der Waals surface area (Å²) in [6.07, 6.45) is 1.19. The summed E-state index contributed by atoms with van der Waals surface area (Å²) in [5, 5.41) is 2.03. The molecule has 0 spiro atoms. The van der Waals surface area contributed by atoms with Gasteiger partial charge in [-0.2, -0.15) is 0 Å². The van der Waals surface area contributed by atoms with Crippen LogP contribution in [0.1, 0.15) is 11.1 Å². The lowest BCUT2D eigenvalue weighted by Gasteiger charge is -2.24. The zero-order valence-corrected chi connectivity index (χ0v) is 17.9. The lowest BCUT2D eigenvalue weighted by Crippen LogP contribution is -2.36. The molecule has 8 heteroatoms. The minimum atomic E-state index is -3.27. The number of hydrazine groups is 1. The summed E-state index contributed by atoms with van der Waals surface area (Å²) < 4.78 is 42.9. The molecule has 1 N–H and O–H groups in total. The maximum atomic E-state index is 14.3. The molecule has 29 heavy (non-hydrogen) atoms. The van der Waals surface area contributed by atoms with Crippen LogP contribution in [0.25, 0.3) is 11.3 Å². The number of nitrogens with one attached hydrogen (secondary N) is 1. The molecule has 0 fully saturated rings. The lowest BCUT2D eigenvalue weighted by atomic mass is 10.00. The van der Waals surface area contributed by atoms with Crippen molar-refractivity contribution in [3.05, 3.63) is 59.4 Å². The number of hydrogen-bond acceptors (Lipinski definition) is 6. The van der Waals surface area contributed by atoms with Crippen LogP contribution >= 0.6 is 0 Å². The molecule has 2 aromatic carbocycles. The Kier molecular flexibility index (Phi) is 6.26. The van der Waals surface area contributed by atoms with Gasteiger partial charge in [0.2, 0.25) is 0 Å². The molecule has 1 aliphatic rings. The van der Waals surface area contributed by atoms with Gasteiger partial charge in [-0.25, -0.2) is 18.2 Å². The summed E-state index contributed by atoms with van der Waals surface area (Å²) in [6.45, 7) is 2.09. The second-order valence-corrected chi connectivity index (χ2v) is 9.28. The summed E-state index contributed by atoms with van der Waals surface area (Å²) in [5.41, 5.74) is 6.84. The smallest absolute Gasteiger partial charge is 0.175 e. The molecule has 0 saturated carbocycles. The van der Waals surface area contributed by atoms with Gasteiger partial charge in [-0.05, 0) is 49.5 Å². The van der Waals surface area contributed by atoms with Crippen LogP contribution in [0.5, 0.6) is 5.75 Å². The monoisotopic (exact) mass is 419 g/mol. The highest BCUT2D eigenvalue weighted by molar-refractivity contribution is 7.90. The first kappa shape index (κ1) is 21.3. The van der Waals surface area contributed by atoms with Crippen LogP contribution in [0.15, 0.2) is 47.4 Å². The standard InChI is InChI=1S/C21H26FN3O3S/c1-24(2)11-12-25-21(15-5-8-17(9-6-15)29(4,26)27)18(14-23-25)16-7-10-20(28-3)19(22)13-16/h5-10,13,23H,11-12,14H2,1-4H3. The van der Waals surface area contributed by atoms with E-state index in [4.69, 9.17) is 4.74 Å². The highest BCUT2D eigenvalue weighted by Crippen LogP contribution is 2.34. The van der Waals surface area contributed by atoms with Crippen molar-refractivity contribution in [1.29, 1.82) is 0 Å². The molecule has 0 bridgehead atoms. The molecule has 3 rings (SSSR count). The predicted octanol–water partition coefficient (Wildman–Crippen LogP) is 2.49. The molecule has 1 aliphatic heterocycles. The average Bonchev–Trinajstić information content (AvgIpc) is 3.09. The number of methoxy groups -OCH3 is 1. The van der Waals surface area contributed by atoms with E-state index in [9.17, 15) is 12.8 Å². The Labute approximate surface area is 171 Å². The van der Waals surface area contributed by atoms with Crippen molar-refractivity contribution < 1.29 is 17.5 Å². The maximum Gasteiger partial charge on any atom is 0.175 e. The molecular formula is C21H26FN3O3S. The van der Waals surface area contributed by atoms with Gasteiger partial charge in [0.1, 0.15) is 0 Å². The number of likely N-dealkylation sites (N-methyl/N-ethyl adjacent to an activating group) is 1. The molecule has 156 valence electrons. The van der Waals surface area contributed by atoms with Crippen molar-refractivity contribution in [3.63, 3.8) is 0 Å². The zero-order chi connectivity index (χ0) is 21.2. The van der Waals surface area contributed by atoms with E-state index in [0.29, 0.717) is 6.54 Å². The molecule has 0 atom stereocenters. The van der Waals surface area contributed by atoms with Crippen molar-refractivity contribution in [2.75, 3.05) is 47.1 Å². The lowest BCUT2D eigenvalue weighted by molar-refractivity contribution is 0.276. The van der Waals surface area contributed by atoms with Gasteiger partial charge in [0, 0.05) is 31.5 Å². The molecule has 0 radical (unpaired) electrons. The van der Waals surface area contributed by atoms with Crippen molar-refractivity contribution in [2.24, 2.45) is 0 Å². The first-order chi connectivity index (χ1) is 13.7. The Morgan fingerprint density at radius 2 is 1.79 bits per heavy atom. The van der Waals surface area contributed by atoms with Gasteiger partial charge >= 0.3 is 0 Å². The topological polar surface area (TPSA) is 61.9 Å². The number of sulfone groups is 1.